The number of unbranched alkanes of at least 4 members (excludes halogenated alkanes) is 1. The average molecular weight is 380 g/mol. The fraction of sp³-hybridized carbons (Fsp3) is 0.714. The van der Waals surface area contributed by atoms with Gasteiger partial charge in [-0.1, -0.05) is 12.8 Å². The van der Waals surface area contributed by atoms with Gasteiger partial charge in [0.1, 0.15) is 5.60 Å². The van der Waals surface area contributed by atoms with E-state index in [2.05, 4.69) is 4.89 Å². The van der Waals surface area contributed by atoms with Gasteiger partial charge in [0.05, 0.1) is 24.9 Å². The summed E-state index contributed by atoms with van der Waals surface area (Å²) in [6.45, 7) is -0.895. The first kappa shape index (κ1) is 23.7. The van der Waals surface area contributed by atoms with Gasteiger partial charge >= 0.3 is 23.9 Å². The monoisotopic (exact) mass is 380 g/mol. The van der Waals surface area contributed by atoms with E-state index in [1.807, 2.05) is 0 Å². The highest BCUT2D eigenvalue weighted by Crippen LogP contribution is 2.29. The quantitative estimate of drug-likeness (QED) is 0.0903. The predicted octanol–water partition coefficient (Wildman–Crippen LogP) is -0.644. The molecule has 0 aromatic heterocycles. The molecular weight excluding hydrogens is 356 g/mol. The lowest BCUT2D eigenvalue weighted by Crippen LogP contribution is -2.50. The van der Waals surface area contributed by atoms with Crippen LogP contribution >= 0.6 is 0 Å². The van der Waals surface area contributed by atoms with Crippen molar-refractivity contribution < 1.29 is 49.4 Å². The minimum absolute atomic E-state index is 0.0888. The fourth-order valence-electron chi connectivity index (χ4n) is 2.37. The second-order valence-electron chi connectivity index (χ2n) is 6.07. The van der Waals surface area contributed by atoms with Crippen LogP contribution in [0.15, 0.2) is 0 Å². The van der Waals surface area contributed by atoms with E-state index in [0.29, 0.717) is 0 Å². The third-order valence-corrected chi connectivity index (χ3v) is 3.37. The zero-order valence-corrected chi connectivity index (χ0v) is 14.0. The molecule has 8 N–H and O–H groups in total. The Kier molecular flexibility index (Phi) is 9.72. The Hall–Kier alpha value is -2.28. The molecule has 0 aliphatic carbocycles. The van der Waals surface area contributed by atoms with Gasteiger partial charge in [0.2, 0.25) is 0 Å². The van der Waals surface area contributed by atoms with E-state index < -0.39 is 61.0 Å². The molecule has 0 aliphatic heterocycles. The van der Waals surface area contributed by atoms with E-state index in [0.717, 1.165) is 0 Å². The van der Waals surface area contributed by atoms with E-state index in [9.17, 15) is 19.2 Å². The van der Waals surface area contributed by atoms with Crippen LogP contribution < -0.4 is 11.5 Å². The van der Waals surface area contributed by atoms with Gasteiger partial charge in [0.25, 0.3) is 0 Å². The first-order valence-corrected chi connectivity index (χ1v) is 7.63. The van der Waals surface area contributed by atoms with E-state index in [1.165, 1.54) is 0 Å². The maximum Gasteiger partial charge on any atom is 0.333 e. The third kappa shape index (κ3) is 11.3. The molecule has 0 fully saturated rings. The van der Waals surface area contributed by atoms with Gasteiger partial charge in [-0.15, -0.1) is 0 Å². The molecule has 12 nitrogen and oxygen atoms in total. The molecule has 0 aromatic carbocycles. The van der Waals surface area contributed by atoms with Crippen LogP contribution in [0, 0.1) is 0 Å². The van der Waals surface area contributed by atoms with Crippen molar-refractivity contribution >= 4 is 23.9 Å². The minimum Gasteiger partial charge on any atom is -0.481 e. The van der Waals surface area contributed by atoms with Crippen LogP contribution in [0.5, 0.6) is 0 Å². The van der Waals surface area contributed by atoms with Crippen molar-refractivity contribution in [3.05, 3.63) is 0 Å². The summed E-state index contributed by atoms with van der Waals surface area (Å²) >= 11 is 0. The van der Waals surface area contributed by atoms with E-state index in [1.54, 1.807) is 0 Å². The van der Waals surface area contributed by atoms with Crippen molar-refractivity contribution in [3.63, 3.8) is 0 Å². The molecule has 0 aliphatic rings. The van der Waals surface area contributed by atoms with Gasteiger partial charge in [-0.05, 0) is 12.8 Å². The highest BCUT2D eigenvalue weighted by atomic mass is 17.2. The number of aliphatic carboxylic acids is 4. The van der Waals surface area contributed by atoms with Crippen molar-refractivity contribution in [2.75, 3.05) is 6.61 Å². The third-order valence-electron chi connectivity index (χ3n) is 3.37. The van der Waals surface area contributed by atoms with Gasteiger partial charge in [-0.3, -0.25) is 14.4 Å². The molecule has 0 radical (unpaired) electrons. The summed E-state index contributed by atoms with van der Waals surface area (Å²) in [5, 5.41) is 35.2. The zero-order chi connectivity index (χ0) is 20.4. The van der Waals surface area contributed by atoms with Crippen molar-refractivity contribution in [3.8, 4) is 0 Å². The van der Waals surface area contributed by atoms with E-state index in [-0.39, 0.29) is 25.7 Å². The highest BCUT2D eigenvalue weighted by Gasteiger charge is 2.38. The normalized spacial score (nSPS) is 11.9. The summed E-state index contributed by atoms with van der Waals surface area (Å²) in [6.07, 6.45) is -1.48. The van der Waals surface area contributed by atoms with Crippen molar-refractivity contribution in [1.82, 2.24) is 0 Å². The maximum absolute atomic E-state index is 11.1. The van der Waals surface area contributed by atoms with Crippen LogP contribution in [0.4, 0.5) is 0 Å². The molecule has 0 saturated carbocycles. The van der Waals surface area contributed by atoms with Crippen LogP contribution in [0.25, 0.3) is 0 Å². The lowest BCUT2D eigenvalue weighted by atomic mass is 9.88. The minimum atomic E-state index is -1.79. The summed E-state index contributed by atoms with van der Waals surface area (Å²) in [5.74, 6) is -5.27. The number of hydrogen-bond donors (Lipinski definition) is 6. The molecule has 0 rings (SSSR count). The number of carboxylic acid groups (broad SMARTS) is 4. The molecule has 0 spiro atoms. The molecule has 0 unspecified atom stereocenters. The molecule has 0 aromatic rings. The summed E-state index contributed by atoms with van der Waals surface area (Å²) in [5.41, 5.74) is 8.01. The van der Waals surface area contributed by atoms with E-state index in [4.69, 9.17) is 36.8 Å². The molecule has 0 amide bonds. The van der Waals surface area contributed by atoms with Gasteiger partial charge in [-0.2, -0.15) is 0 Å². The zero-order valence-electron chi connectivity index (χ0n) is 14.0. The van der Waals surface area contributed by atoms with Crippen molar-refractivity contribution in [2.24, 2.45) is 11.5 Å². The molecule has 12 heteroatoms. The van der Waals surface area contributed by atoms with Crippen molar-refractivity contribution in [2.45, 2.75) is 56.2 Å². The Morgan fingerprint density at radius 1 is 0.731 bits per heavy atom. The Morgan fingerprint density at radius 2 is 1.19 bits per heavy atom. The molecule has 0 atom stereocenters. The number of carbonyl (C=O) groups is 4. The first-order valence-electron chi connectivity index (χ1n) is 7.63. The fourth-order valence-corrected chi connectivity index (χ4v) is 2.37. The Balaban J connectivity index is 4.90. The summed E-state index contributed by atoms with van der Waals surface area (Å²) in [7, 11) is 0. The van der Waals surface area contributed by atoms with Gasteiger partial charge in [0.15, 0.2) is 6.61 Å². The van der Waals surface area contributed by atoms with Crippen LogP contribution in [0.1, 0.15) is 44.9 Å². The molecule has 26 heavy (non-hydrogen) atoms. The summed E-state index contributed by atoms with van der Waals surface area (Å²) in [6, 6.07) is 0. The summed E-state index contributed by atoms with van der Waals surface area (Å²) < 4.78 is 0. The smallest absolute Gasteiger partial charge is 0.333 e. The molecule has 0 saturated heterocycles. The van der Waals surface area contributed by atoms with Crippen molar-refractivity contribution in [1.29, 1.82) is 0 Å². The standard InChI is InChI=1S/C14H24N2O10/c15-14(16,7-11(21)22)4-2-1-3-13(5-9(17)18,6-10(19)20)26-25-8-12(23)24/h1-8,15-16H2,(H,17,18)(H,19,20)(H,21,22)(H,23,24). The number of nitrogens with two attached hydrogens (primary N) is 2. The largest absolute Gasteiger partial charge is 0.481 e. The molecule has 0 bridgehead atoms. The van der Waals surface area contributed by atoms with Crippen LogP contribution in [0.2, 0.25) is 0 Å². The summed E-state index contributed by atoms with van der Waals surface area (Å²) in [4.78, 5) is 52.6. The molecule has 150 valence electrons. The number of hydrogen-bond acceptors (Lipinski definition) is 8. The average Bonchev–Trinajstić information content (AvgIpc) is 2.40. The topological polar surface area (TPSA) is 220 Å². The lowest BCUT2D eigenvalue weighted by Gasteiger charge is -2.30. The highest BCUT2D eigenvalue weighted by molar-refractivity contribution is 5.72. The Bertz CT molecular complexity index is 504. The molecule has 0 heterocycles. The Labute approximate surface area is 148 Å². The number of carboxylic acids is 4. The predicted molar refractivity (Wildman–Crippen MR) is 83.7 cm³/mol. The maximum atomic E-state index is 11.1. The second-order valence-corrected chi connectivity index (χ2v) is 6.07. The van der Waals surface area contributed by atoms with Crippen LogP contribution in [0.3, 0.4) is 0 Å². The first-order chi connectivity index (χ1) is 11.9. The number of rotatable bonds is 15. The van der Waals surface area contributed by atoms with Gasteiger partial charge < -0.3 is 31.9 Å². The lowest BCUT2D eigenvalue weighted by molar-refractivity contribution is -0.360. The SMILES string of the molecule is NC(N)(CCCCC(CC(=O)O)(CC(=O)O)OOCC(=O)O)CC(=O)O. The van der Waals surface area contributed by atoms with Gasteiger partial charge in [0, 0.05) is 0 Å². The molecular formula is C14H24N2O10. The van der Waals surface area contributed by atoms with Gasteiger partial charge in [-0.25, -0.2) is 14.6 Å². The van der Waals surface area contributed by atoms with Crippen LogP contribution in [-0.2, 0) is 29.0 Å². The Morgan fingerprint density at radius 3 is 1.62 bits per heavy atom. The van der Waals surface area contributed by atoms with Crippen LogP contribution in [-0.4, -0.2) is 62.2 Å². The second kappa shape index (κ2) is 10.7. The van der Waals surface area contributed by atoms with E-state index >= 15 is 0 Å².